The minimum atomic E-state index is -3.71. The number of nitrogens with zero attached hydrogens (tertiary/aromatic N) is 2. The molecular formula is C21H24N4O3S. The Kier molecular flexibility index (Phi) is 6.33. The first-order chi connectivity index (χ1) is 13.8. The average molecular weight is 413 g/mol. The van der Waals surface area contributed by atoms with Crippen molar-refractivity contribution in [2.24, 2.45) is 5.92 Å². The summed E-state index contributed by atoms with van der Waals surface area (Å²) in [7, 11) is -3.71. The second kappa shape index (κ2) is 8.91. The summed E-state index contributed by atoms with van der Waals surface area (Å²) in [6.45, 7) is 5.22. The number of anilines is 1. The maximum absolute atomic E-state index is 12.5. The fourth-order valence-electron chi connectivity index (χ4n) is 2.81. The number of rotatable bonds is 8. The lowest BCUT2D eigenvalue weighted by Crippen LogP contribution is -2.29. The second-order valence-corrected chi connectivity index (χ2v) is 8.75. The normalized spacial score (nSPS) is 12.3. The summed E-state index contributed by atoms with van der Waals surface area (Å²) < 4.78 is 29.5. The van der Waals surface area contributed by atoms with E-state index < -0.39 is 10.0 Å². The van der Waals surface area contributed by atoms with Gasteiger partial charge >= 0.3 is 0 Å². The Morgan fingerprint density at radius 3 is 2.41 bits per heavy atom. The van der Waals surface area contributed by atoms with E-state index in [1.807, 2.05) is 36.7 Å². The molecule has 0 bridgehead atoms. The van der Waals surface area contributed by atoms with Crippen molar-refractivity contribution in [2.45, 2.75) is 25.3 Å². The van der Waals surface area contributed by atoms with Crippen LogP contribution in [0.4, 0.5) is 5.69 Å². The van der Waals surface area contributed by atoms with E-state index in [-0.39, 0.29) is 16.7 Å². The smallest absolute Gasteiger partial charge is 0.261 e. The fraction of sp³-hybridized carbons (Fsp3) is 0.238. The Morgan fingerprint density at radius 2 is 1.79 bits per heavy atom. The summed E-state index contributed by atoms with van der Waals surface area (Å²) in [5, 5.41) is 2.88. The zero-order valence-electron chi connectivity index (χ0n) is 16.4. The predicted molar refractivity (Wildman–Crippen MR) is 112 cm³/mol. The zero-order valence-corrected chi connectivity index (χ0v) is 17.2. The molecule has 1 atom stereocenters. The Balaban J connectivity index is 1.58. The van der Waals surface area contributed by atoms with Crippen molar-refractivity contribution in [1.82, 2.24) is 14.9 Å². The minimum absolute atomic E-state index is 0.100. The molecule has 0 aliphatic rings. The van der Waals surface area contributed by atoms with Crippen LogP contribution in [0.15, 0.2) is 72.1 Å². The molecule has 0 saturated carbocycles. The van der Waals surface area contributed by atoms with Gasteiger partial charge in [0, 0.05) is 36.7 Å². The molecule has 8 heteroatoms. The number of imidazole rings is 1. The van der Waals surface area contributed by atoms with Crippen molar-refractivity contribution in [2.75, 3.05) is 11.3 Å². The molecule has 0 spiro atoms. The van der Waals surface area contributed by atoms with E-state index in [0.717, 1.165) is 12.1 Å². The Hall–Kier alpha value is -3.13. The highest BCUT2D eigenvalue weighted by molar-refractivity contribution is 7.92. The van der Waals surface area contributed by atoms with Gasteiger partial charge in [0.05, 0.1) is 11.2 Å². The van der Waals surface area contributed by atoms with Gasteiger partial charge < -0.3 is 9.88 Å². The van der Waals surface area contributed by atoms with Crippen molar-refractivity contribution in [3.63, 3.8) is 0 Å². The molecule has 2 N–H and O–H groups in total. The summed E-state index contributed by atoms with van der Waals surface area (Å²) in [5.74, 6) is -0.00978. The lowest BCUT2D eigenvalue weighted by molar-refractivity contribution is 0.0946. The molecule has 0 unspecified atom stereocenters. The number of nitrogens with one attached hydrogen (secondary N) is 2. The fourth-order valence-corrected chi connectivity index (χ4v) is 3.87. The van der Waals surface area contributed by atoms with Gasteiger partial charge in [-0.1, -0.05) is 24.6 Å². The van der Waals surface area contributed by atoms with Crippen molar-refractivity contribution in [1.29, 1.82) is 0 Å². The number of carbonyl (C=O) groups is 1. The molecule has 0 aliphatic carbocycles. The van der Waals surface area contributed by atoms with E-state index in [4.69, 9.17) is 0 Å². The van der Waals surface area contributed by atoms with E-state index in [0.29, 0.717) is 17.8 Å². The molecule has 1 aromatic heterocycles. The molecule has 1 heterocycles. The quantitative estimate of drug-likeness (QED) is 0.595. The number of aryl methyl sites for hydroxylation is 1. The molecule has 0 radical (unpaired) electrons. The third-order valence-electron chi connectivity index (χ3n) is 4.42. The van der Waals surface area contributed by atoms with Crippen LogP contribution in [0, 0.1) is 12.8 Å². The highest BCUT2D eigenvalue weighted by Crippen LogP contribution is 2.17. The third-order valence-corrected chi connectivity index (χ3v) is 5.82. The standard InChI is InChI=1S/C21H24N4O3S/c1-16-3-7-19(8-4-16)24-29(27,28)20-9-5-18(6-10-20)21(26)23-13-17(2)14-25-12-11-22-15-25/h3-12,15,17,24H,13-14H2,1-2H3,(H,23,26)/t17-/m0/s1. The van der Waals surface area contributed by atoms with Crippen LogP contribution in [0.25, 0.3) is 0 Å². The Bertz CT molecular complexity index is 1040. The molecule has 3 aromatic rings. The summed E-state index contributed by atoms with van der Waals surface area (Å²) in [6, 6.07) is 13.0. The summed E-state index contributed by atoms with van der Waals surface area (Å²) in [5.41, 5.74) is 1.95. The van der Waals surface area contributed by atoms with Gasteiger partial charge in [-0.2, -0.15) is 0 Å². The molecule has 3 rings (SSSR count). The van der Waals surface area contributed by atoms with Crippen LogP contribution in [-0.4, -0.2) is 30.4 Å². The second-order valence-electron chi connectivity index (χ2n) is 7.07. The van der Waals surface area contributed by atoms with Gasteiger partial charge in [-0.25, -0.2) is 13.4 Å². The van der Waals surface area contributed by atoms with Crippen LogP contribution in [0.5, 0.6) is 0 Å². The topological polar surface area (TPSA) is 93.1 Å². The highest BCUT2D eigenvalue weighted by atomic mass is 32.2. The minimum Gasteiger partial charge on any atom is -0.352 e. The molecule has 0 fully saturated rings. The number of benzene rings is 2. The monoisotopic (exact) mass is 412 g/mol. The van der Waals surface area contributed by atoms with Gasteiger partial charge in [0.1, 0.15) is 0 Å². The number of hydrogen-bond donors (Lipinski definition) is 2. The molecule has 152 valence electrons. The van der Waals surface area contributed by atoms with Gasteiger partial charge in [-0.3, -0.25) is 9.52 Å². The van der Waals surface area contributed by atoms with E-state index in [1.165, 1.54) is 24.3 Å². The maximum Gasteiger partial charge on any atom is 0.261 e. The van der Waals surface area contributed by atoms with E-state index in [1.54, 1.807) is 24.7 Å². The largest absolute Gasteiger partial charge is 0.352 e. The van der Waals surface area contributed by atoms with Crippen LogP contribution >= 0.6 is 0 Å². The summed E-state index contributed by atoms with van der Waals surface area (Å²) >= 11 is 0. The third kappa shape index (κ3) is 5.68. The molecule has 7 nitrogen and oxygen atoms in total. The number of sulfonamides is 1. The van der Waals surface area contributed by atoms with E-state index in [9.17, 15) is 13.2 Å². The van der Waals surface area contributed by atoms with Gasteiger partial charge in [0.15, 0.2) is 0 Å². The first kappa shape index (κ1) is 20.6. The zero-order chi connectivity index (χ0) is 20.9. The Labute approximate surface area is 170 Å². The van der Waals surface area contributed by atoms with Gasteiger partial charge in [-0.15, -0.1) is 0 Å². The van der Waals surface area contributed by atoms with Crippen molar-refractivity contribution in [3.05, 3.63) is 78.4 Å². The van der Waals surface area contributed by atoms with Crippen LogP contribution < -0.4 is 10.0 Å². The molecular weight excluding hydrogens is 388 g/mol. The lowest BCUT2D eigenvalue weighted by Gasteiger charge is -2.13. The molecule has 2 aromatic carbocycles. The van der Waals surface area contributed by atoms with Crippen molar-refractivity contribution in [3.8, 4) is 0 Å². The van der Waals surface area contributed by atoms with Crippen LogP contribution in [0.1, 0.15) is 22.8 Å². The molecule has 0 aliphatic heterocycles. The first-order valence-corrected chi connectivity index (χ1v) is 10.8. The Morgan fingerprint density at radius 1 is 1.10 bits per heavy atom. The lowest BCUT2D eigenvalue weighted by atomic mass is 10.1. The molecule has 29 heavy (non-hydrogen) atoms. The molecule has 0 saturated heterocycles. The van der Waals surface area contributed by atoms with E-state index in [2.05, 4.69) is 15.0 Å². The van der Waals surface area contributed by atoms with Gasteiger partial charge in [0.25, 0.3) is 15.9 Å². The maximum atomic E-state index is 12.5. The first-order valence-electron chi connectivity index (χ1n) is 9.27. The average Bonchev–Trinajstić information content (AvgIpc) is 3.21. The van der Waals surface area contributed by atoms with Gasteiger partial charge in [-0.05, 0) is 49.2 Å². The summed E-state index contributed by atoms with van der Waals surface area (Å²) in [4.78, 5) is 16.4. The van der Waals surface area contributed by atoms with Crippen LogP contribution in [-0.2, 0) is 16.6 Å². The SMILES string of the molecule is Cc1ccc(NS(=O)(=O)c2ccc(C(=O)NC[C@H](C)Cn3ccnc3)cc2)cc1. The van der Waals surface area contributed by atoms with E-state index >= 15 is 0 Å². The summed E-state index contributed by atoms with van der Waals surface area (Å²) in [6.07, 6.45) is 5.33. The number of amides is 1. The van der Waals surface area contributed by atoms with Crippen molar-refractivity contribution < 1.29 is 13.2 Å². The number of aromatic nitrogens is 2. The number of carbonyl (C=O) groups excluding carboxylic acids is 1. The predicted octanol–water partition coefficient (Wildman–Crippen LogP) is 3.06. The van der Waals surface area contributed by atoms with Crippen LogP contribution in [0.2, 0.25) is 0 Å². The van der Waals surface area contributed by atoms with Crippen LogP contribution in [0.3, 0.4) is 0 Å². The number of hydrogen-bond acceptors (Lipinski definition) is 4. The van der Waals surface area contributed by atoms with Gasteiger partial charge in [0.2, 0.25) is 0 Å². The molecule has 1 amide bonds. The highest BCUT2D eigenvalue weighted by Gasteiger charge is 2.15. The van der Waals surface area contributed by atoms with Crippen molar-refractivity contribution >= 4 is 21.6 Å².